The highest BCUT2D eigenvalue weighted by molar-refractivity contribution is 9.10. The van der Waals surface area contributed by atoms with Crippen molar-refractivity contribution in [1.82, 2.24) is 10.2 Å². The number of benzene rings is 3. The molecule has 0 aliphatic rings. The smallest absolute Gasteiger partial charge is 0.264 e. The molecule has 1 atom stereocenters. The number of hydrogen-bond donors (Lipinski definition) is 1. The number of hydrogen-bond acceptors (Lipinski definition) is 4. The first kappa shape index (κ1) is 30.4. The highest BCUT2D eigenvalue weighted by Gasteiger charge is 2.34. The minimum absolute atomic E-state index is 0.0699. The van der Waals surface area contributed by atoms with Crippen LogP contribution in [0.5, 0.6) is 0 Å². The van der Waals surface area contributed by atoms with Gasteiger partial charge in [0, 0.05) is 16.6 Å². The van der Waals surface area contributed by atoms with Gasteiger partial charge in [0.05, 0.1) is 10.6 Å². The molecule has 0 bridgehead atoms. The fourth-order valence-corrected chi connectivity index (χ4v) is 6.07. The summed E-state index contributed by atoms with van der Waals surface area (Å²) in [5.41, 5.74) is 1.71. The Morgan fingerprint density at radius 1 is 0.949 bits per heavy atom. The SMILES string of the molecule is CCC(C(=O)NC(C)(C)C)N(Cc1cccc(C)c1)C(=O)CN(c1cccc(Br)c1)S(=O)(=O)c1ccccc1. The van der Waals surface area contributed by atoms with Gasteiger partial charge in [0.25, 0.3) is 10.0 Å². The van der Waals surface area contributed by atoms with Crippen LogP contribution in [0.3, 0.4) is 0 Å². The van der Waals surface area contributed by atoms with E-state index in [1.165, 1.54) is 17.0 Å². The van der Waals surface area contributed by atoms with E-state index in [4.69, 9.17) is 0 Å². The van der Waals surface area contributed by atoms with Gasteiger partial charge in [-0.3, -0.25) is 13.9 Å². The summed E-state index contributed by atoms with van der Waals surface area (Å²) >= 11 is 3.41. The molecule has 1 N–H and O–H groups in total. The fraction of sp³-hybridized carbons (Fsp3) is 0.333. The molecule has 0 fully saturated rings. The number of amides is 2. The van der Waals surface area contributed by atoms with Crippen LogP contribution in [0.25, 0.3) is 0 Å². The molecule has 7 nitrogen and oxygen atoms in total. The molecule has 0 saturated heterocycles. The second-order valence-electron chi connectivity index (χ2n) is 10.5. The number of anilines is 1. The molecule has 0 radical (unpaired) electrons. The van der Waals surface area contributed by atoms with Crippen molar-refractivity contribution in [2.75, 3.05) is 10.8 Å². The van der Waals surface area contributed by atoms with E-state index < -0.39 is 34.1 Å². The van der Waals surface area contributed by atoms with Gasteiger partial charge in [0.1, 0.15) is 12.6 Å². The first-order valence-corrected chi connectivity index (χ1v) is 15.1. The van der Waals surface area contributed by atoms with Crippen LogP contribution in [0, 0.1) is 6.92 Å². The van der Waals surface area contributed by atoms with Crippen molar-refractivity contribution in [3.8, 4) is 0 Å². The molecular weight excluding hydrogens is 578 g/mol. The molecule has 0 aliphatic carbocycles. The number of carbonyl (C=O) groups is 2. The highest BCUT2D eigenvalue weighted by atomic mass is 79.9. The van der Waals surface area contributed by atoms with Crippen molar-refractivity contribution in [3.63, 3.8) is 0 Å². The summed E-state index contributed by atoms with van der Waals surface area (Å²) < 4.78 is 29.4. The average Bonchev–Trinajstić information content (AvgIpc) is 2.86. The Hall–Kier alpha value is -3.17. The van der Waals surface area contributed by atoms with Crippen molar-refractivity contribution in [2.45, 2.75) is 64.1 Å². The van der Waals surface area contributed by atoms with Crippen LogP contribution in [0.2, 0.25) is 0 Å². The number of halogens is 1. The Kier molecular flexibility index (Phi) is 9.96. The predicted molar refractivity (Wildman–Crippen MR) is 159 cm³/mol. The Morgan fingerprint density at radius 3 is 2.21 bits per heavy atom. The normalized spacial score (nSPS) is 12.5. The number of nitrogens with zero attached hydrogens (tertiary/aromatic N) is 2. The van der Waals surface area contributed by atoms with Crippen LogP contribution in [0.1, 0.15) is 45.2 Å². The lowest BCUT2D eigenvalue weighted by molar-refractivity contribution is -0.141. The molecule has 0 saturated carbocycles. The van der Waals surface area contributed by atoms with Crippen molar-refractivity contribution in [3.05, 3.63) is 94.5 Å². The maximum atomic E-state index is 14.1. The molecule has 3 aromatic carbocycles. The maximum absolute atomic E-state index is 14.1. The van der Waals surface area contributed by atoms with E-state index in [0.29, 0.717) is 16.6 Å². The number of carbonyl (C=O) groups excluding carboxylic acids is 2. The zero-order valence-corrected chi connectivity index (χ0v) is 25.4. The molecule has 0 aromatic heterocycles. The summed E-state index contributed by atoms with van der Waals surface area (Å²) in [6, 6.07) is 21.7. The highest BCUT2D eigenvalue weighted by Crippen LogP contribution is 2.27. The fourth-order valence-electron chi connectivity index (χ4n) is 4.26. The zero-order valence-electron chi connectivity index (χ0n) is 23.0. The molecule has 1 unspecified atom stereocenters. The molecule has 0 aliphatic heterocycles. The van der Waals surface area contributed by atoms with Crippen LogP contribution in [0.4, 0.5) is 5.69 Å². The Bertz CT molecular complexity index is 1400. The number of nitrogens with one attached hydrogen (secondary N) is 1. The van der Waals surface area contributed by atoms with Crippen LogP contribution in [-0.2, 0) is 26.2 Å². The van der Waals surface area contributed by atoms with Gasteiger partial charge < -0.3 is 10.2 Å². The molecular formula is C30H36BrN3O4S. The van der Waals surface area contributed by atoms with Crippen molar-refractivity contribution >= 4 is 43.5 Å². The Balaban J connectivity index is 2.07. The monoisotopic (exact) mass is 613 g/mol. The topological polar surface area (TPSA) is 86.8 Å². The van der Waals surface area contributed by atoms with Gasteiger partial charge in [-0.05, 0) is 70.0 Å². The van der Waals surface area contributed by atoms with Crippen LogP contribution < -0.4 is 9.62 Å². The first-order chi connectivity index (χ1) is 18.3. The third kappa shape index (κ3) is 8.16. The molecule has 39 heavy (non-hydrogen) atoms. The van der Waals surface area contributed by atoms with Crippen LogP contribution in [-0.4, -0.2) is 43.3 Å². The summed E-state index contributed by atoms with van der Waals surface area (Å²) in [7, 11) is -4.10. The maximum Gasteiger partial charge on any atom is 0.264 e. The minimum Gasteiger partial charge on any atom is -0.350 e. The summed E-state index contributed by atoms with van der Waals surface area (Å²) in [5, 5.41) is 2.98. The molecule has 0 spiro atoms. The van der Waals surface area contributed by atoms with Crippen LogP contribution in [0.15, 0.2) is 88.2 Å². The standard InChI is InChI=1S/C30H36BrN3O4S/c1-6-27(29(36)32-30(3,4)5)33(20-23-13-10-12-22(2)18-23)28(35)21-34(25-15-11-14-24(31)19-25)39(37,38)26-16-8-7-9-17-26/h7-19,27H,6,20-21H2,1-5H3,(H,32,36). The van der Waals surface area contributed by atoms with Crippen LogP contribution >= 0.6 is 15.9 Å². The summed E-state index contributed by atoms with van der Waals surface area (Å²) in [5.74, 6) is -0.766. The molecule has 9 heteroatoms. The van der Waals surface area contributed by atoms with Crippen molar-refractivity contribution in [2.24, 2.45) is 0 Å². The third-order valence-electron chi connectivity index (χ3n) is 6.03. The summed E-state index contributed by atoms with van der Waals surface area (Å²) in [4.78, 5) is 29.0. The zero-order chi connectivity index (χ0) is 28.8. The van der Waals surface area contributed by atoms with E-state index in [2.05, 4.69) is 21.2 Å². The van der Waals surface area contributed by atoms with E-state index in [1.54, 1.807) is 42.5 Å². The summed E-state index contributed by atoms with van der Waals surface area (Å²) in [6.07, 6.45) is 0.363. The van der Waals surface area contributed by atoms with Gasteiger partial charge in [-0.1, -0.05) is 76.9 Å². The predicted octanol–water partition coefficient (Wildman–Crippen LogP) is 5.67. The molecule has 2 amide bonds. The van der Waals surface area contributed by atoms with E-state index in [1.807, 2.05) is 58.9 Å². The van der Waals surface area contributed by atoms with Gasteiger partial charge >= 0.3 is 0 Å². The van der Waals surface area contributed by atoms with E-state index >= 15 is 0 Å². The average molecular weight is 615 g/mol. The van der Waals surface area contributed by atoms with Crippen molar-refractivity contribution < 1.29 is 18.0 Å². The lowest BCUT2D eigenvalue weighted by Crippen LogP contribution is -2.55. The number of rotatable bonds is 10. The van der Waals surface area contributed by atoms with Gasteiger partial charge in [-0.15, -0.1) is 0 Å². The van der Waals surface area contributed by atoms with E-state index in [9.17, 15) is 18.0 Å². The third-order valence-corrected chi connectivity index (χ3v) is 8.31. The molecule has 3 rings (SSSR count). The number of sulfonamides is 1. The Morgan fingerprint density at radius 2 is 1.62 bits per heavy atom. The Labute approximate surface area is 240 Å². The lowest BCUT2D eigenvalue weighted by atomic mass is 10.0. The van der Waals surface area contributed by atoms with Gasteiger partial charge in [-0.25, -0.2) is 8.42 Å². The number of aryl methyl sites for hydroxylation is 1. The van der Waals surface area contributed by atoms with Gasteiger partial charge in [0.15, 0.2) is 0 Å². The van der Waals surface area contributed by atoms with E-state index in [0.717, 1.165) is 15.4 Å². The quantitative estimate of drug-likeness (QED) is 0.319. The lowest BCUT2D eigenvalue weighted by Gasteiger charge is -2.35. The van der Waals surface area contributed by atoms with Crippen molar-refractivity contribution in [1.29, 1.82) is 0 Å². The first-order valence-electron chi connectivity index (χ1n) is 12.8. The second-order valence-corrected chi connectivity index (χ2v) is 13.3. The second kappa shape index (κ2) is 12.8. The van der Waals surface area contributed by atoms with Gasteiger partial charge in [-0.2, -0.15) is 0 Å². The minimum atomic E-state index is -4.10. The summed E-state index contributed by atoms with van der Waals surface area (Å²) in [6.45, 7) is 9.13. The van der Waals surface area contributed by atoms with Gasteiger partial charge in [0.2, 0.25) is 11.8 Å². The largest absolute Gasteiger partial charge is 0.350 e. The molecule has 208 valence electrons. The van der Waals surface area contributed by atoms with E-state index in [-0.39, 0.29) is 17.3 Å². The molecule has 0 heterocycles. The molecule has 3 aromatic rings.